The molecule has 0 atom stereocenters. The summed E-state index contributed by atoms with van der Waals surface area (Å²) in [7, 11) is 4.48. The van der Waals surface area contributed by atoms with Gasteiger partial charge >= 0.3 is 0 Å². The maximum atomic E-state index is 9.05. The summed E-state index contributed by atoms with van der Waals surface area (Å²) in [5, 5.41) is 9.05. The smallest absolute Gasteiger partial charge is 0.0991 e. The van der Waals surface area contributed by atoms with Crippen molar-refractivity contribution in [3.05, 3.63) is 65.7 Å². The van der Waals surface area contributed by atoms with Crippen LogP contribution in [0.25, 0.3) is 0 Å². The van der Waals surface area contributed by atoms with Crippen LogP contribution in [0, 0.1) is 16.7 Å². The largest absolute Gasteiger partial charge is 0.374 e. The monoisotopic (exact) mass is 389 g/mol. The lowest BCUT2D eigenvalue weighted by molar-refractivity contribution is 0.0232. The lowest BCUT2D eigenvalue weighted by Crippen LogP contribution is -2.50. The third kappa shape index (κ3) is 4.33. The first-order chi connectivity index (χ1) is 14.0. The summed E-state index contributed by atoms with van der Waals surface area (Å²) in [6, 6.07) is 21.3. The first-order valence-corrected chi connectivity index (χ1v) is 11.0. The Morgan fingerprint density at radius 2 is 1.52 bits per heavy atom. The van der Waals surface area contributed by atoms with Gasteiger partial charge in [0.25, 0.3) is 0 Å². The normalized spacial score (nSPS) is 24.3. The SMILES string of the molecule is CCN(C)C1(c2ccccc2)CCC(CC)(CN(C)c2ccc(C#N)cc2)CC1. The maximum absolute atomic E-state index is 9.05. The van der Waals surface area contributed by atoms with Crippen molar-refractivity contribution in [2.24, 2.45) is 5.41 Å². The molecule has 0 amide bonds. The molecule has 1 aliphatic rings. The third-order valence-corrected chi connectivity index (χ3v) is 7.41. The minimum atomic E-state index is 0.154. The quantitative estimate of drug-likeness (QED) is 0.598. The lowest BCUT2D eigenvalue weighted by Gasteiger charge is -2.51. The predicted molar refractivity (Wildman–Crippen MR) is 122 cm³/mol. The maximum Gasteiger partial charge on any atom is 0.0991 e. The van der Waals surface area contributed by atoms with Crippen molar-refractivity contribution in [2.75, 3.05) is 32.1 Å². The summed E-state index contributed by atoms with van der Waals surface area (Å²) in [5.74, 6) is 0. The highest BCUT2D eigenvalue weighted by Gasteiger charge is 2.45. The number of hydrogen-bond donors (Lipinski definition) is 0. The molecule has 1 fully saturated rings. The van der Waals surface area contributed by atoms with E-state index in [2.05, 4.69) is 86.3 Å². The molecule has 2 aromatic carbocycles. The van der Waals surface area contributed by atoms with Gasteiger partial charge in [-0.2, -0.15) is 5.26 Å². The number of hydrogen-bond acceptors (Lipinski definition) is 3. The third-order valence-electron chi connectivity index (χ3n) is 7.41. The minimum Gasteiger partial charge on any atom is -0.374 e. The Labute approximate surface area is 177 Å². The predicted octanol–water partition coefficient (Wildman–Crippen LogP) is 5.81. The summed E-state index contributed by atoms with van der Waals surface area (Å²) in [5.41, 5.74) is 3.88. The van der Waals surface area contributed by atoms with Crippen LogP contribution in [0.15, 0.2) is 54.6 Å². The topological polar surface area (TPSA) is 30.3 Å². The van der Waals surface area contributed by atoms with Gasteiger partial charge in [0.05, 0.1) is 11.6 Å². The molecule has 3 rings (SSSR count). The summed E-state index contributed by atoms with van der Waals surface area (Å²) < 4.78 is 0. The van der Waals surface area contributed by atoms with Gasteiger partial charge in [0.2, 0.25) is 0 Å². The van der Waals surface area contributed by atoms with Crippen molar-refractivity contribution in [2.45, 2.75) is 51.5 Å². The summed E-state index contributed by atoms with van der Waals surface area (Å²) >= 11 is 0. The molecule has 3 nitrogen and oxygen atoms in total. The Hall–Kier alpha value is -2.31. The molecule has 0 heterocycles. The average Bonchev–Trinajstić information content (AvgIpc) is 2.79. The molecule has 154 valence electrons. The average molecular weight is 390 g/mol. The first kappa shape index (κ1) is 21.4. The van der Waals surface area contributed by atoms with Crippen LogP contribution in [-0.2, 0) is 5.54 Å². The molecule has 1 aliphatic carbocycles. The zero-order valence-corrected chi connectivity index (χ0v) is 18.5. The Morgan fingerprint density at radius 1 is 0.897 bits per heavy atom. The molecule has 0 radical (unpaired) electrons. The van der Waals surface area contributed by atoms with Crippen molar-refractivity contribution in [1.29, 1.82) is 5.26 Å². The molecule has 0 spiro atoms. The van der Waals surface area contributed by atoms with Gasteiger partial charge in [-0.25, -0.2) is 0 Å². The first-order valence-electron chi connectivity index (χ1n) is 11.0. The van der Waals surface area contributed by atoms with Gasteiger partial charge in [-0.1, -0.05) is 44.2 Å². The highest BCUT2D eigenvalue weighted by atomic mass is 15.2. The second-order valence-electron chi connectivity index (χ2n) is 8.78. The Morgan fingerprint density at radius 3 is 2.03 bits per heavy atom. The molecule has 0 unspecified atom stereocenters. The van der Waals surface area contributed by atoms with Crippen molar-refractivity contribution < 1.29 is 0 Å². The molecule has 29 heavy (non-hydrogen) atoms. The number of rotatable bonds is 7. The molecule has 0 aliphatic heterocycles. The van der Waals surface area contributed by atoms with Crippen LogP contribution in [0.2, 0.25) is 0 Å². The molecule has 1 saturated carbocycles. The van der Waals surface area contributed by atoms with Gasteiger partial charge in [0, 0.05) is 24.8 Å². The van der Waals surface area contributed by atoms with Crippen LogP contribution in [0.3, 0.4) is 0 Å². The van der Waals surface area contributed by atoms with Crippen LogP contribution < -0.4 is 4.90 Å². The van der Waals surface area contributed by atoms with E-state index in [9.17, 15) is 0 Å². The van der Waals surface area contributed by atoms with Crippen molar-refractivity contribution >= 4 is 5.69 Å². The number of nitriles is 1. The van der Waals surface area contributed by atoms with Gasteiger partial charge in [-0.05, 0) is 80.9 Å². The standard InChI is InChI=1S/C26H35N3/c1-5-25(21-28(3)24-14-12-22(20-27)13-15-24)16-18-26(19-17-25,29(4)6-2)23-10-8-7-9-11-23/h7-15H,5-6,16-19,21H2,1-4H3. The van der Waals surface area contributed by atoms with Gasteiger partial charge in [-0.15, -0.1) is 0 Å². The molecule has 0 N–H and O–H groups in total. The second-order valence-corrected chi connectivity index (χ2v) is 8.78. The highest BCUT2D eigenvalue weighted by molar-refractivity contribution is 5.49. The number of benzene rings is 2. The molecule has 3 heteroatoms. The van der Waals surface area contributed by atoms with Crippen LogP contribution in [-0.4, -0.2) is 32.1 Å². The van der Waals surface area contributed by atoms with E-state index in [-0.39, 0.29) is 5.54 Å². The molecule has 2 aromatic rings. The van der Waals surface area contributed by atoms with Gasteiger partial charge in [0.15, 0.2) is 0 Å². The lowest BCUT2D eigenvalue weighted by atomic mass is 9.63. The summed E-state index contributed by atoms with van der Waals surface area (Å²) in [4.78, 5) is 4.94. The van der Waals surface area contributed by atoms with Crippen LogP contribution >= 0.6 is 0 Å². The Bertz CT molecular complexity index is 811. The van der Waals surface area contributed by atoms with E-state index in [1.807, 2.05) is 12.1 Å². The molecule has 0 saturated heterocycles. The van der Waals surface area contributed by atoms with E-state index in [0.29, 0.717) is 5.41 Å². The Kier molecular flexibility index (Phi) is 6.65. The van der Waals surface area contributed by atoms with Gasteiger partial charge in [0.1, 0.15) is 0 Å². The fourth-order valence-corrected chi connectivity index (χ4v) is 5.14. The van der Waals surface area contributed by atoms with E-state index < -0.39 is 0 Å². The number of anilines is 1. The van der Waals surface area contributed by atoms with Crippen LogP contribution in [0.4, 0.5) is 5.69 Å². The van der Waals surface area contributed by atoms with Crippen molar-refractivity contribution in [3.63, 3.8) is 0 Å². The highest BCUT2D eigenvalue weighted by Crippen LogP contribution is 2.50. The van der Waals surface area contributed by atoms with E-state index >= 15 is 0 Å². The minimum absolute atomic E-state index is 0.154. The summed E-state index contributed by atoms with van der Waals surface area (Å²) in [6.07, 6.45) is 6.09. The fraction of sp³-hybridized carbons (Fsp3) is 0.500. The van der Waals surface area contributed by atoms with E-state index in [1.54, 1.807) is 0 Å². The molecular weight excluding hydrogens is 354 g/mol. The van der Waals surface area contributed by atoms with Gasteiger partial charge < -0.3 is 4.90 Å². The van der Waals surface area contributed by atoms with Crippen LogP contribution in [0.5, 0.6) is 0 Å². The van der Waals surface area contributed by atoms with E-state index in [1.165, 1.54) is 43.4 Å². The van der Waals surface area contributed by atoms with Gasteiger partial charge in [-0.3, -0.25) is 4.90 Å². The fourth-order valence-electron chi connectivity index (χ4n) is 5.14. The summed E-state index contributed by atoms with van der Waals surface area (Å²) in [6.45, 7) is 6.76. The van der Waals surface area contributed by atoms with E-state index in [0.717, 1.165) is 18.7 Å². The zero-order valence-electron chi connectivity index (χ0n) is 18.5. The Balaban J connectivity index is 1.78. The van der Waals surface area contributed by atoms with Crippen LogP contribution in [0.1, 0.15) is 57.1 Å². The zero-order chi connectivity index (χ0) is 20.9. The second kappa shape index (κ2) is 9.01. The molecule has 0 aromatic heterocycles. The molecule has 0 bridgehead atoms. The van der Waals surface area contributed by atoms with E-state index in [4.69, 9.17) is 5.26 Å². The molecular formula is C26H35N3. The van der Waals surface area contributed by atoms with Crippen molar-refractivity contribution in [3.8, 4) is 6.07 Å². The number of nitrogens with zero attached hydrogens (tertiary/aromatic N) is 3. The van der Waals surface area contributed by atoms with Crippen molar-refractivity contribution in [1.82, 2.24) is 4.90 Å².